The number of ether oxygens (including phenoxy) is 1. The Morgan fingerprint density at radius 2 is 1.94 bits per heavy atom. The Morgan fingerprint density at radius 3 is 2.50 bits per heavy atom. The third-order valence-corrected chi connectivity index (χ3v) is 3.90. The van der Waals surface area contributed by atoms with Crippen molar-refractivity contribution in [3.8, 4) is 11.8 Å². The standard InChI is InChI=1S/C15H18FNO/c1-10-3-5-11(6-4-10)12-7-14(16)13(9-17)15(8-12)18-2/h7-8,10-11H,3-6H2,1-2H3. The van der Waals surface area contributed by atoms with E-state index in [0.29, 0.717) is 11.7 Å². The molecule has 0 spiro atoms. The van der Waals surface area contributed by atoms with Crippen LogP contribution in [0.4, 0.5) is 4.39 Å². The Hall–Kier alpha value is -1.56. The lowest BCUT2D eigenvalue weighted by molar-refractivity contribution is 0.345. The summed E-state index contributed by atoms with van der Waals surface area (Å²) in [7, 11) is 1.47. The van der Waals surface area contributed by atoms with Crippen molar-refractivity contribution in [3.05, 3.63) is 29.1 Å². The summed E-state index contributed by atoms with van der Waals surface area (Å²) in [5.41, 5.74) is 0.973. The fraction of sp³-hybridized carbons (Fsp3) is 0.533. The molecule has 0 heterocycles. The molecule has 1 aliphatic carbocycles. The van der Waals surface area contributed by atoms with Gasteiger partial charge in [0.15, 0.2) is 0 Å². The Balaban J connectivity index is 2.29. The molecule has 0 radical (unpaired) electrons. The van der Waals surface area contributed by atoms with Gasteiger partial charge in [0.2, 0.25) is 0 Å². The molecule has 1 aromatic carbocycles. The van der Waals surface area contributed by atoms with Crippen LogP contribution in [0.15, 0.2) is 12.1 Å². The maximum absolute atomic E-state index is 13.8. The summed E-state index contributed by atoms with van der Waals surface area (Å²) < 4.78 is 18.9. The second-order valence-corrected chi connectivity index (χ2v) is 5.15. The topological polar surface area (TPSA) is 33.0 Å². The first-order valence-electron chi connectivity index (χ1n) is 6.43. The first-order valence-corrected chi connectivity index (χ1v) is 6.43. The van der Waals surface area contributed by atoms with Gasteiger partial charge in [-0.05, 0) is 42.4 Å². The van der Waals surface area contributed by atoms with E-state index in [2.05, 4.69) is 6.92 Å². The zero-order valence-electron chi connectivity index (χ0n) is 10.9. The molecule has 1 aliphatic rings. The van der Waals surface area contributed by atoms with E-state index in [1.165, 1.54) is 26.0 Å². The highest BCUT2D eigenvalue weighted by molar-refractivity contribution is 5.47. The number of rotatable bonds is 2. The molecule has 0 unspecified atom stereocenters. The Morgan fingerprint density at radius 1 is 1.28 bits per heavy atom. The van der Waals surface area contributed by atoms with Gasteiger partial charge in [0.1, 0.15) is 23.2 Å². The SMILES string of the molecule is COc1cc(C2CCC(C)CC2)cc(F)c1C#N. The predicted octanol–water partition coefficient (Wildman–Crippen LogP) is 4.00. The quantitative estimate of drug-likeness (QED) is 0.791. The van der Waals surface area contributed by atoms with E-state index in [1.807, 2.05) is 12.1 Å². The Kier molecular flexibility index (Phi) is 3.86. The molecule has 1 aromatic rings. The van der Waals surface area contributed by atoms with Crippen LogP contribution in [-0.2, 0) is 0 Å². The molecule has 0 N–H and O–H groups in total. The molecular weight excluding hydrogens is 229 g/mol. The lowest BCUT2D eigenvalue weighted by Gasteiger charge is -2.26. The van der Waals surface area contributed by atoms with Gasteiger partial charge in [-0.2, -0.15) is 5.26 Å². The third kappa shape index (κ3) is 2.48. The van der Waals surface area contributed by atoms with Gasteiger partial charge in [0.25, 0.3) is 0 Å². The van der Waals surface area contributed by atoms with Crippen molar-refractivity contribution in [3.63, 3.8) is 0 Å². The first kappa shape index (κ1) is 12.9. The lowest BCUT2D eigenvalue weighted by Crippen LogP contribution is -2.11. The van der Waals surface area contributed by atoms with Gasteiger partial charge in [-0.3, -0.25) is 0 Å². The molecule has 96 valence electrons. The predicted molar refractivity (Wildman–Crippen MR) is 68.0 cm³/mol. The number of nitrogens with zero attached hydrogens (tertiary/aromatic N) is 1. The highest BCUT2D eigenvalue weighted by Gasteiger charge is 2.22. The minimum atomic E-state index is -0.467. The molecule has 0 atom stereocenters. The van der Waals surface area contributed by atoms with Crippen molar-refractivity contribution in [1.82, 2.24) is 0 Å². The number of methoxy groups -OCH3 is 1. The zero-order valence-corrected chi connectivity index (χ0v) is 10.9. The number of benzene rings is 1. The van der Waals surface area contributed by atoms with Gasteiger partial charge >= 0.3 is 0 Å². The van der Waals surface area contributed by atoms with E-state index in [0.717, 1.165) is 24.3 Å². The van der Waals surface area contributed by atoms with Crippen LogP contribution in [0.3, 0.4) is 0 Å². The van der Waals surface area contributed by atoms with Gasteiger partial charge in [0, 0.05) is 0 Å². The smallest absolute Gasteiger partial charge is 0.145 e. The summed E-state index contributed by atoms with van der Waals surface area (Å²) in [5.74, 6) is 1.06. The Labute approximate surface area is 107 Å². The average molecular weight is 247 g/mol. The molecule has 0 saturated heterocycles. The monoisotopic (exact) mass is 247 g/mol. The summed E-state index contributed by atoms with van der Waals surface area (Å²) in [4.78, 5) is 0. The fourth-order valence-electron chi connectivity index (χ4n) is 2.70. The van der Waals surface area contributed by atoms with Crippen molar-refractivity contribution >= 4 is 0 Å². The highest BCUT2D eigenvalue weighted by atomic mass is 19.1. The fourth-order valence-corrected chi connectivity index (χ4v) is 2.70. The van der Waals surface area contributed by atoms with Crippen LogP contribution < -0.4 is 4.74 Å². The summed E-state index contributed by atoms with van der Waals surface area (Å²) in [6.45, 7) is 2.26. The third-order valence-electron chi connectivity index (χ3n) is 3.90. The van der Waals surface area contributed by atoms with E-state index in [-0.39, 0.29) is 5.56 Å². The van der Waals surface area contributed by atoms with E-state index >= 15 is 0 Å². The molecule has 1 saturated carbocycles. The molecule has 0 amide bonds. The number of halogens is 1. The van der Waals surface area contributed by atoms with Crippen LogP contribution in [0.25, 0.3) is 0 Å². The van der Waals surface area contributed by atoms with Crippen molar-refractivity contribution < 1.29 is 9.13 Å². The lowest BCUT2D eigenvalue weighted by atomic mass is 9.79. The van der Waals surface area contributed by atoms with Gasteiger partial charge in [0.05, 0.1) is 7.11 Å². The number of hydrogen-bond acceptors (Lipinski definition) is 2. The molecule has 0 aromatic heterocycles. The van der Waals surface area contributed by atoms with Crippen LogP contribution in [0.1, 0.15) is 49.7 Å². The van der Waals surface area contributed by atoms with Crippen LogP contribution in [0.5, 0.6) is 5.75 Å². The van der Waals surface area contributed by atoms with Gasteiger partial charge < -0.3 is 4.74 Å². The number of hydrogen-bond donors (Lipinski definition) is 0. The molecular formula is C15H18FNO. The summed E-state index contributed by atoms with van der Waals surface area (Å²) >= 11 is 0. The second-order valence-electron chi connectivity index (χ2n) is 5.15. The Bertz CT molecular complexity index is 470. The minimum Gasteiger partial charge on any atom is -0.495 e. The average Bonchev–Trinajstić information content (AvgIpc) is 2.38. The minimum absolute atomic E-state index is 0.00503. The maximum Gasteiger partial charge on any atom is 0.145 e. The van der Waals surface area contributed by atoms with Crippen molar-refractivity contribution in [2.45, 2.75) is 38.5 Å². The van der Waals surface area contributed by atoms with E-state index in [4.69, 9.17) is 10.00 Å². The van der Waals surface area contributed by atoms with Crippen LogP contribution in [-0.4, -0.2) is 7.11 Å². The molecule has 0 aliphatic heterocycles. The molecule has 1 fully saturated rings. The van der Waals surface area contributed by atoms with Crippen LogP contribution in [0.2, 0.25) is 0 Å². The van der Waals surface area contributed by atoms with Crippen molar-refractivity contribution in [2.24, 2.45) is 5.92 Å². The van der Waals surface area contributed by atoms with Gasteiger partial charge in [-0.1, -0.05) is 19.8 Å². The zero-order chi connectivity index (χ0) is 13.1. The van der Waals surface area contributed by atoms with Gasteiger partial charge in [-0.25, -0.2) is 4.39 Å². The maximum atomic E-state index is 13.8. The normalized spacial score (nSPS) is 23.4. The van der Waals surface area contributed by atoms with E-state index in [1.54, 1.807) is 0 Å². The van der Waals surface area contributed by atoms with Crippen LogP contribution >= 0.6 is 0 Å². The second kappa shape index (κ2) is 5.39. The van der Waals surface area contributed by atoms with Crippen molar-refractivity contribution in [2.75, 3.05) is 7.11 Å². The summed E-state index contributed by atoms with van der Waals surface area (Å²) in [6.07, 6.45) is 4.56. The van der Waals surface area contributed by atoms with E-state index < -0.39 is 5.82 Å². The molecule has 0 bridgehead atoms. The summed E-state index contributed by atoms with van der Waals surface area (Å²) in [6, 6.07) is 5.18. The highest BCUT2D eigenvalue weighted by Crippen LogP contribution is 2.37. The molecule has 2 rings (SSSR count). The van der Waals surface area contributed by atoms with Crippen LogP contribution in [0, 0.1) is 23.1 Å². The van der Waals surface area contributed by atoms with Crippen molar-refractivity contribution in [1.29, 1.82) is 5.26 Å². The largest absolute Gasteiger partial charge is 0.495 e. The molecule has 2 nitrogen and oxygen atoms in total. The van der Waals surface area contributed by atoms with Gasteiger partial charge in [-0.15, -0.1) is 0 Å². The van der Waals surface area contributed by atoms with E-state index in [9.17, 15) is 4.39 Å². The molecule has 3 heteroatoms. The molecule has 18 heavy (non-hydrogen) atoms. The summed E-state index contributed by atoms with van der Waals surface area (Å²) in [5, 5.41) is 8.90. The number of nitriles is 1. The first-order chi connectivity index (χ1) is 8.65.